The van der Waals surface area contributed by atoms with E-state index in [-0.39, 0.29) is 11.7 Å². The van der Waals surface area contributed by atoms with Crippen molar-refractivity contribution in [3.8, 4) is 5.75 Å². The monoisotopic (exact) mass is 317 g/mol. The fourth-order valence-electron chi connectivity index (χ4n) is 3.51. The summed E-state index contributed by atoms with van der Waals surface area (Å²) < 4.78 is 63.9. The Balaban J connectivity index is 1.79. The summed E-state index contributed by atoms with van der Waals surface area (Å²) in [7, 11) is 0. The molecule has 1 heterocycles. The zero-order valence-electron chi connectivity index (χ0n) is 12.2. The average Bonchev–Trinajstić information content (AvgIpc) is 2.85. The fourth-order valence-corrected chi connectivity index (χ4v) is 3.51. The topological polar surface area (TPSA) is 18.5 Å². The number of halogens is 4. The molecule has 2 nitrogen and oxygen atoms in total. The summed E-state index contributed by atoms with van der Waals surface area (Å²) in [4.78, 5) is 0. The summed E-state index contributed by atoms with van der Waals surface area (Å²) in [5.41, 5.74) is -1.12. The highest BCUT2D eigenvalue weighted by atomic mass is 19.4. The van der Waals surface area contributed by atoms with Gasteiger partial charge in [0.05, 0.1) is 18.0 Å². The first-order valence-corrected chi connectivity index (χ1v) is 7.68. The molecule has 122 valence electrons. The number of rotatable bonds is 3. The Morgan fingerprint density at radius 3 is 2.59 bits per heavy atom. The highest BCUT2D eigenvalue weighted by Crippen LogP contribution is 2.41. The van der Waals surface area contributed by atoms with Gasteiger partial charge in [0.25, 0.3) is 0 Å². The normalized spacial score (nSPS) is 24.6. The van der Waals surface area contributed by atoms with E-state index in [2.05, 4.69) is 0 Å². The van der Waals surface area contributed by atoms with Gasteiger partial charge in [-0.3, -0.25) is 0 Å². The first-order chi connectivity index (χ1) is 10.4. The van der Waals surface area contributed by atoms with Crippen molar-refractivity contribution in [1.82, 2.24) is 0 Å². The Kier molecular flexibility index (Phi) is 4.10. The summed E-state index contributed by atoms with van der Waals surface area (Å²) >= 11 is 0. The molecular weight excluding hydrogens is 299 g/mol. The third-order valence-corrected chi connectivity index (χ3v) is 4.58. The van der Waals surface area contributed by atoms with Gasteiger partial charge in [0.2, 0.25) is 0 Å². The standard InChI is InChI=1S/C15H18BF4O2/c17-11-3-4-13(16(18,19)20)14(9-11)22-12-5-8-21-15(10-12)6-1-2-7-15/h3-4,9,12H,1-2,5-8,10H2/q-1. The third-order valence-electron chi connectivity index (χ3n) is 4.58. The predicted molar refractivity (Wildman–Crippen MR) is 75.9 cm³/mol. The first kappa shape index (κ1) is 15.7. The van der Waals surface area contributed by atoms with Crippen molar-refractivity contribution in [3.05, 3.63) is 24.0 Å². The Morgan fingerprint density at radius 1 is 1.18 bits per heavy atom. The Hall–Kier alpha value is -1.24. The smallest absolute Gasteiger partial charge is 0.493 e. The van der Waals surface area contributed by atoms with Crippen molar-refractivity contribution in [1.29, 1.82) is 0 Å². The van der Waals surface area contributed by atoms with Crippen molar-refractivity contribution in [2.75, 3.05) is 6.61 Å². The van der Waals surface area contributed by atoms with E-state index in [4.69, 9.17) is 9.47 Å². The second-order valence-electron chi connectivity index (χ2n) is 6.23. The Morgan fingerprint density at radius 2 is 1.91 bits per heavy atom. The van der Waals surface area contributed by atoms with Crippen LogP contribution in [0, 0.1) is 5.82 Å². The van der Waals surface area contributed by atoms with Crippen LogP contribution in [0.15, 0.2) is 18.2 Å². The molecule has 1 aliphatic carbocycles. The molecule has 2 aliphatic rings. The summed E-state index contributed by atoms with van der Waals surface area (Å²) in [6.07, 6.45) is 4.74. The molecule has 0 bridgehead atoms. The number of hydrogen-bond donors (Lipinski definition) is 0. The van der Waals surface area contributed by atoms with Gasteiger partial charge in [0.1, 0.15) is 11.9 Å². The lowest BCUT2D eigenvalue weighted by molar-refractivity contribution is -0.108. The van der Waals surface area contributed by atoms with Gasteiger partial charge in [0, 0.05) is 18.9 Å². The molecule has 0 aromatic heterocycles. The van der Waals surface area contributed by atoms with Crippen LogP contribution >= 0.6 is 0 Å². The van der Waals surface area contributed by atoms with E-state index >= 15 is 0 Å². The molecule has 1 unspecified atom stereocenters. The van der Waals surface area contributed by atoms with Crippen LogP contribution in [-0.4, -0.2) is 25.3 Å². The van der Waals surface area contributed by atoms with Crippen LogP contribution in [0.1, 0.15) is 38.5 Å². The fraction of sp³-hybridized carbons (Fsp3) is 0.600. The SMILES string of the molecule is Fc1ccc([B-](F)(F)F)c(OC2CCOC3(CCCC3)C2)c1. The van der Waals surface area contributed by atoms with E-state index < -0.39 is 24.0 Å². The molecule has 1 saturated heterocycles. The van der Waals surface area contributed by atoms with E-state index in [1.807, 2.05) is 0 Å². The molecule has 1 aliphatic heterocycles. The molecule has 7 heteroatoms. The van der Waals surface area contributed by atoms with E-state index in [0.717, 1.165) is 43.9 Å². The Labute approximate surface area is 126 Å². The summed E-state index contributed by atoms with van der Waals surface area (Å²) in [5.74, 6) is -1.12. The Bertz CT molecular complexity index is 541. The zero-order chi connectivity index (χ0) is 15.8. The molecule has 22 heavy (non-hydrogen) atoms. The van der Waals surface area contributed by atoms with Crippen LogP contribution in [0.4, 0.5) is 17.3 Å². The predicted octanol–water partition coefficient (Wildman–Crippen LogP) is 3.75. The van der Waals surface area contributed by atoms with Crippen LogP contribution in [0.5, 0.6) is 5.75 Å². The lowest BCUT2D eigenvalue weighted by Crippen LogP contribution is -2.43. The lowest BCUT2D eigenvalue weighted by atomic mass is 9.79. The van der Waals surface area contributed by atoms with Crippen molar-refractivity contribution >= 4 is 12.4 Å². The van der Waals surface area contributed by atoms with Crippen molar-refractivity contribution in [3.63, 3.8) is 0 Å². The first-order valence-electron chi connectivity index (χ1n) is 7.68. The van der Waals surface area contributed by atoms with Crippen LogP contribution < -0.4 is 10.2 Å². The van der Waals surface area contributed by atoms with Gasteiger partial charge in [-0.25, -0.2) is 4.39 Å². The second-order valence-corrected chi connectivity index (χ2v) is 6.23. The summed E-state index contributed by atoms with van der Waals surface area (Å²) in [5, 5.41) is 0. The van der Waals surface area contributed by atoms with Crippen molar-refractivity contribution in [2.24, 2.45) is 0 Å². The minimum absolute atomic E-state index is 0.250. The van der Waals surface area contributed by atoms with Crippen LogP contribution in [0.25, 0.3) is 0 Å². The second kappa shape index (κ2) is 5.76. The summed E-state index contributed by atoms with van der Waals surface area (Å²) in [6, 6.07) is 2.41. The highest BCUT2D eigenvalue weighted by molar-refractivity contribution is 6.74. The van der Waals surface area contributed by atoms with Crippen LogP contribution in [0.3, 0.4) is 0 Å². The van der Waals surface area contributed by atoms with Gasteiger partial charge >= 0.3 is 6.98 Å². The van der Waals surface area contributed by atoms with Crippen molar-refractivity contribution < 1.29 is 26.8 Å². The largest absolute Gasteiger partial charge is 0.513 e. The van der Waals surface area contributed by atoms with Crippen LogP contribution in [0.2, 0.25) is 0 Å². The van der Waals surface area contributed by atoms with Crippen LogP contribution in [-0.2, 0) is 4.74 Å². The van der Waals surface area contributed by atoms with Gasteiger partial charge in [-0.2, -0.15) is 0 Å². The lowest BCUT2D eigenvalue weighted by Gasteiger charge is -2.38. The molecule has 1 atom stereocenters. The highest BCUT2D eigenvalue weighted by Gasteiger charge is 2.41. The number of benzene rings is 1. The maximum absolute atomic E-state index is 13.3. The molecule has 0 radical (unpaired) electrons. The number of ether oxygens (including phenoxy) is 2. The molecular formula is C15H18BF4O2-. The van der Waals surface area contributed by atoms with Gasteiger partial charge in [0.15, 0.2) is 0 Å². The van der Waals surface area contributed by atoms with Crippen molar-refractivity contribution in [2.45, 2.75) is 50.2 Å². The van der Waals surface area contributed by atoms with E-state index in [0.29, 0.717) is 19.4 Å². The summed E-state index contributed by atoms with van der Waals surface area (Å²) in [6.45, 7) is -4.75. The molecule has 2 fully saturated rings. The van der Waals surface area contributed by atoms with Gasteiger partial charge < -0.3 is 22.4 Å². The maximum atomic E-state index is 13.3. The quantitative estimate of drug-likeness (QED) is 0.624. The average molecular weight is 317 g/mol. The van der Waals surface area contributed by atoms with Gasteiger partial charge in [-0.15, -0.1) is 0 Å². The molecule has 0 amide bonds. The molecule has 1 aromatic carbocycles. The van der Waals surface area contributed by atoms with Gasteiger partial charge in [-0.05, 0) is 18.9 Å². The zero-order valence-corrected chi connectivity index (χ0v) is 12.2. The van der Waals surface area contributed by atoms with Gasteiger partial charge in [-0.1, -0.05) is 24.4 Å². The molecule has 0 N–H and O–H groups in total. The minimum atomic E-state index is -5.23. The van der Waals surface area contributed by atoms with E-state index in [1.54, 1.807) is 0 Å². The molecule has 1 aromatic rings. The molecule has 1 saturated carbocycles. The maximum Gasteiger partial charge on any atom is 0.513 e. The minimum Gasteiger partial charge on any atom is -0.493 e. The van der Waals surface area contributed by atoms with E-state index in [1.165, 1.54) is 0 Å². The molecule has 1 spiro atoms. The number of hydrogen-bond acceptors (Lipinski definition) is 2. The molecule has 3 rings (SSSR count). The van der Waals surface area contributed by atoms with E-state index in [9.17, 15) is 17.3 Å². The third kappa shape index (κ3) is 3.24.